The zero-order valence-electron chi connectivity index (χ0n) is 20.2. The number of aromatic amines is 1. The Hall–Kier alpha value is -4.59. The minimum Gasteiger partial charge on any atom is -0.493 e. The van der Waals surface area contributed by atoms with E-state index < -0.39 is 0 Å². The van der Waals surface area contributed by atoms with Gasteiger partial charge in [-0.2, -0.15) is 0 Å². The van der Waals surface area contributed by atoms with E-state index in [1.165, 1.54) is 7.11 Å². The Balaban J connectivity index is 1.64. The summed E-state index contributed by atoms with van der Waals surface area (Å²) in [7, 11) is 1.52. The summed E-state index contributed by atoms with van der Waals surface area (Å²) in [6, 6.07) is 22.6. The largest absolute Gasteiger partial charge is 0.493 e. The predicted molar refractivity (Wildman–Crippen MR) is 139 cm³/mol. The highest BCUT2D eigenvalue weighted by molar-refractivity contribution is 6.23. The molecular weight excluding hydrogens is 456 g/mol. The fourth-order valence-corrected chi connectivity index (χ4v) is 3.65. The lowest BCUT2D eigenvalue weighted by Crippen LogP contribution is -2.28. The lowest BCUT2D eigenvalue weighted by molar-refractivity contribution is -0.123. The molecule has 1 aromatic heterocycles. The highest BCUT2D eigenvalue weighted by atomic mass is 16.5. The Morgan fingerprint density at radius 2 is 1.75 bits per heavy atom. The maximum Gasteiger partial charge on any atom is 0.257 e. The minimum atomic E-state index is -0.270. The van der Waals surface area contributed by atoms with Crippen molar-refractivity contribution in [1.29, 1.82) is 0 Å². The molecule has 0 aliphatic rings. The fourth-order valence-electron chi connectivity index (χ4n) is 3.65. The number of ether oxygens (including phenoxy) is 2. The van der Waals surface area contributed by atoms with Gasteiger partial charge in [-0.3, -0.25) is 9.59 Å². The molecule has 3 aromatic carbocycles. The first-order chi connectivity index (χ1) is 17.6. The lowest BCUT2D eigenvalue weighted by Gasteiger charge is -2.12. The third-order valence-corrected chi connectivity index (χ3v) is 5.42. The smallest absolute Gasteiger partial charge is 0.257 e. The van der Waals surface area contributed by atoms with Gasteiger partial charge in [-0.25, -0.2) is 4.98 Å². The van der Waals surface area contributed by atoms with Crippen LogP contribution in [-0.4, -0.2) is 42.0 Å². The first-order valence-electron chi connectivity index (χ1n) is 11.6. The number of methoxy groups -OCH3 is 1. The Morgan fingerprint density at radius 1 is 0.972 bits per heavy atom. The molecule has 0 aliphatic carbocycles. The molecule has 36 heavy (non-hydrogen) atoms. The summed E-state index contributed by atoms with van der Waals surface area (Å²) >= 11 is 0. The molecule has 8 heteroatoms. The molecule has 0 radical (unpaired) electrons. The lowest BCUT2D eigenvalue weighted by atomic mass is 10.1. The van der Waals surface area contributed by atoms with Crippen molar-refractivity contribution >= 4 is 34.5 Å². The van der Waals surface area contributed by atoms with E-state index in [1.54, 1.807) is 24.3 Å². The fraction of sp³-hybridized carbons (Fsp3) is 0.179. The van der Waals surface area contributed by atoms with Gasteiger partial charge in [0.1, 0.15) is 5.82 Å². The van der Waals surface area contributed by atoms with Crippen molar-refractivity contribution in [3.05, 3.63) is 89.7 Å². The van der Waals surface area contributed by atoms with E-state index in [-0.39, 0.29) is 18.4 Å². The molecule has 4 rings (SSSR count). The molecule has 0 saturated carbocycles. The number of nitrogens with zero attached hydrogens (tertiary/aromatic N) is 1. The van der Waals surface area contributed by atoms with Crippen molar-refractivity contribution in [1.82, 2.24) is 20.6 Å². The maximum absolute atomic E-state index is 13.3. The van der Waals surface area contributed by atoms with Crippen LogP contribution in [0.15, 0.2) is 72.8 Å². The number of rotatable bonds is 10. The molecule has 0 fully saturated rings. The number of fused-ring (bicyclic) bond motifs is 1. The number of benzene rings is 3. The third-order valence-electron chi connectivity index (χ3n) is 5.42. The Bertz CT molecular complexity index is 1350. The highest BCUT2D eigenvalue weighted by Crippen LogP contribution is 2.30. The van der Waals surface area contributed by atoms with Crippen LogP contribution in [0.3, 0.4) is 0 Å². The number of para-hydroxylation sites is 2. The normalized spacial score (nSPS) is 11.2. The van der Waals surface area contributed by atoms with Gasteiger partial charge in [0.05, 0.1) is 23.7 Å². The van der Waals surface area contributed by atoms with Crippen molar-refractivity contribution in [2.75, 3.05) is 20.3 Å². The average molecular weight is 485 g/mol. The molecule has 0 aliphatic heterocycles. The first-order valence-corrected chi connectivity index (χ1v) is 11.6. The van der Waals surface area contributed by atoms with E-state index in [1.807, 2.05) is 61.5 Å². The Morgan fingerprint density at radius 3 is 2.50 bits per heavy atom. The number of imidazole rings is 1. The van der Waals surface area contributed by atoms with Gasteiger partial charge in [0.2, 0.25) is 0 Å². The molecule has 4 aromatic rings. The standard InChI is InChI=1S/C28H28N4O4/c1-3-29-26(33)18-36-24-14-13-20(16-25(24)35-2)15-21(27-31-22-11-7-8-12-23(22)32-27)28(34)30-17-19-9-5-4-6-10-19/h4-16H,3,17-18H2,1-2H3,(H,29,33)(H,30,34)(H,31,32)/b21-15+. The number of carbonyl (C=O) groups excluding carboxylic acids is 2. The zero-order valence-corrected chi connectivity index (χ0v) is 20.2. The van der Waals surface area contributed by atoms with E-state index in [2.05, 4.69) is 20.6 Å². The Kier molecular flexibility index (Phi) is 7.97. The molecule has 0 bridgehead atoms. The third kappa shape index (κ3) is 6.09. The SMILES string of the molecule is CCNC(=O)COc1ccc(/C=C(/C(=O)NCc2ccccc2)c2nc3ccccc3[nH]2)cc1OC. The van der Waals surface area contributed by atoms with E-state index in [9.17, 15) is 9.59 Å². The number of nitrogens with one attached hydrogen (secondary N) is 3. The quantitative estimate of drug-likeness (QED) is 0.296. The number of hydrogen-bond acceptors (Lipinski definition) is 5. The molecule has 8 nitrogen and oxygen atoms in total. The predicted octanol–water partition coefficient (Wildman–Crippen LogP) is 3.94. The highest BCUT2D eigenvalue weighted by Gasteiger charge is 2.17. The van der Waals surface area contributed by atoms with Gasteiger partial charge in [0.25, 0.3) is 11.8 Å². The van der Waals surface area contributed by atoms with Crippen molar-refractivity contribution in [2.45, 2.75) is 13.5 Å². The number of hydrogen-bond donors (Lipinski definition) is 3. The van der Waals surface area contributed by atoms with Crippen molar-refractivity contribution in [2.24, 2.45) is 0 Å². The molecule has 0 unspecified atom stereocenters. The second-order valence-corrected chi connectivity index (χ2v) is 7.98. The minimum absolute atomic E-state index is 0.120. The first kappa shape index (κ1) is 24.5. The van der Waals surface area contributed by atoms with Gasteiger partial charge in [-0.05, 0) is 48.4 Å². The molecule has 1 heterocycles. The van der Waals surface area contributed by atoms with Crippen LogP contribution < -0.4 is 20.1 Å². The van der Waals surface area contributed by atoms with E-state index in [0.717, 1.165) is 16.6 Å². The molecular formula is C28H28N4O4. The van der Waals surface area contributed by atoms with Crippen LogP contribution in [0.2, 0.25) is 0 Å². The summed E-state index contributed by atoms with van der Waals surface area (Å²) in [5.74, 6) is 0.845. The monoisotopic (exact) mass is 484 g/mol. The molecule has 0 spiro atoms. The van der Waals surface area contributed by atoms with Crippen LogP contribution in [0.25, 0.3) is 22.7 Å². The van der Waals surface area contributed by atoms with Crippen LogP contribution in [0.5, 0.6) is 11.5 Å². The van der Waals surface area contributed by atoms with Gasteiger partial charge in [0, 0.05) is 13.1 Å². The molecule has 0 atom stereocenters. The molecule has 2 amide bonds. The molecule has 3 N–H and O–H groups in total. The number of H-pyrrole nitrogens is 1. The van der Waals surface area contributed by atoms with Gasteiger partial charge >= 0.3 is 0 Å². The number of aromatic nitrogens is 2. The van der Waals surface area contributed by atoms with Crippen LogP contribution in [0.4, 0.5) is 0 Å². The van der Waals surface area contributed by atoms with E-state index in [0.29, 0.717) is 41.5 Å². The Labute approximate surface area is 209 Å². The summed E-state index contributed by atoms with van der Waals surface area (Å²) in [6.07, 6.45) is 1.74. The molecule has 184 valence electrons. The second kappa shape index (κ2) is 11.7. The van der Waals surface area contributed by atoms with Crippen molar-refractivity contribution in [3.63, 3.8) is 0 Å². The van der Waals surface area contributed by atoms with E-state index in [4.69, 9.17) is 9.47 Å². The summed E-state index contributed by atoms with van der Waals surface area (Å²) in [5.41, 5.74) is 3.68. The van der Waals surface area contributed by atoms with Gasteiger partial charge in [-0.15, -0.1) is 0 Å². The van der Waals surface area contributed by atoms with Crippen molar-refractivity contribution in [3.8, 4) is 11.5 Å². The van der Waals surface area contributed by atoms with Crippen LogP contribution in [0, 0.1) is 0 Å². The maximum atomic E-state index is 13.3. The van der Waals surface area contributed by atoms with Gasteiger partial charge < -0.3 is 25.1 Å². The van der Waals surface area contributed by atoms with Gasteiger partial charge in [-0.1, -0.05) is 48.5 Å². The summed E-state index contributed by atoms with van der Waals surface area (Å²) < 4.78 is 11.1. The zero-order chi connectivity index (χ0) is 25.3. The number of carbonyl (C=O) groups is 2. The van der Waals surface area contributed by atoms with Gasteiger partial charge in [0.15, 0.2) is 18.1 Å². The second-order valence-electron chi connectivity index (χ2n) is 7.98. The topological polar surface area (TPSA) is 105 Å². The molecule has 0 saturated heterocycles. The number of likely N-dealkylation sites (N-methyl/N-ethyl adjacent to an activating group) is 1. The number of amides is 2. The summed E-state index contributed by atoms with van der Waals surface area (Å²) in [4.78, 5) is 32.9. The van der Waals surface area contributed by atoms with E-state index >= 15 is 0 Å². The summed E-state index contributed by atoms with van der Waals surface area (Å²) in [6.45, 7) is 2.63. The van der Waals surface area contributed by atoms with Crippen molar-refractivity contribution < 1.29 is 19.1 Å². The summed E-state index contributed by atoms with van der Waals surface area (Å²) in [5, 5.41) is 5.67. The van der Waals surface area contributed by atoms with Crippen LogP contribution in [0.1, 0.15) is 23.9 Å². The average Bonchev–Trinajstić information content (AvgIpc) is 3.34. The van der Waals surface area contributed by atoms with Crippen LogP contribution >= 0.6 is 0 Å². The van der Waals surface area contributed by atoms with Crippen LogP contribution in [-0.2, 0) is 16.1 Å².